The second kappa shape index (κ2) is 8.24. The molecule has 0 spiro atoms. The predicted octanol–water partition coefficient (Wildman–Crippen LogP) is 2.55. The zero-order valence-corrected chi connectivity index (χ0v) is 16.5. The van der Waals surface area contributed by atoms with Gasteiger partial charge in [0.05, 0.1) is 30.0 Å². The SMILES string of the molecule is C[C@@H](NC(=O)CNC(=O)Cc1cccc2ccccc12)c1ccc2[nH]c(=O)[nH]c2c1. The topological polar surface area (TPSA) is 107 Å². The van der Waals surface area contributed by atoms with E-state index in [9.17, 15) is 14.4 Å². The molecular formula is C23H22N4O3. The summed E-state index contributed by atoms with van der Waals surface area (Å²) in [5, 5.41) is 7.66. The van der Waals surface area contributed by atoms with E-state index < -0.39 is 0 Å². The van der Waals surface area contributed by atoms with Crippen molar-refractivity contribution in [2.45, 2.75) is 19.4 Å². The summed E-state index contributed by atoms with van der Waals surface area (Å²) in [7, 11) is 0. The van der Waals surface area contributed by atoms with E-state index in [4.69, 9.17) is 0 Å². The summed E-state index contributed by atoms with van der Waals surface area (Å²) in [5.41, 5.74) is 2.90. The molecule has 4 aromatic rings. The molecule has 1 atom stereocenters. The number of rotatable bonds is 6. The fourth-order valence-corrected chi connectivity index (χ4v) is 3.56. The number of carbonyl (C=O) groups excluding carboxylic acids is 2. The van der Waals surface area contributed by atoms with Crippen LogP contribution in [0.4, 0.5) is 0 Å². The Labute approximate surface area is 172 Å². The maximum absolute atomic E-state index is 12.3. The molecule has 4 rings (SSSR count). The first-order valence-electron chi connectivity index (χ1n) is 9.74. The average Bonchev–Trinajstić information content (AvgIpc) is 3.11. The summed E-state index contributed by atoms with van der Waals surface area (Å²) < 4.78 is 0. The smallest absolute Gasteiger partial charge is 0.323 e. The molecule has 0 saturated heterocycles. The highest BCUT2D eigenvalue weighted by atomic mass is 16.2. The highest BCUT2D eigenvalue weighted by molar-refractivity contribution is 5.91. The minimum Gasteiger partial charge on any atom is -0.348 e. The lowest BCUT2D eigenvalue weighted by atomic mass is 10.0. The van der Waals surface area contributed by atoms with Crippen molar-refractivity contribution in [2.24, 2.45) is 0 Å². The molecule has 7 heteroatoms. The Balaban J connectivity index is 1.33. The molecule has 7 nitrogen and oxygen atoms in total. The molecule has 0 saturated carbocycles. The average molecular weight is 402 g/mol. The van der Waals surface area contributed by atoms with Crippen LogP contribution in [0.5, 0.6) is 0 Å². The lowest BCUT2D eigenvalue weighted by Crippen LogP contribution is -2.38. The van der Waals surface area contributed by atoms with E-state index in [1.807, 2.05) is 61.5 Å². The molecule has 3 aromatic carbocycles. The maximum atomic E-state index is 12.3. The highest BCUT2D eigenvalue weighted by Gasteiger charge is 2.13. The number of fused-ring (bicyclic) bond motifs is 2. The Morgan fingerprint density at radius 2 is 1.70 bits per heavy atom. The third-order valence-corrected chi connectivity index (χ3v) is 5.09. The van der Waals surface area contributed by atoms with Gasteiger partial charge in [0, 0.05) is 0 Å². The monoisotopic (exact) mass is 402 g/mol. The fourth-order valence-electron chi connectivity index (χ4n) is 3.56. The van der Waals surface area contributed by atoms with Gasteiger partial charge in [-0.2, -0.15) is 0 Å². The van der Waals surface area contributed by atoms with Crippen LogP contribution in [0.25, 0.3) is 21.8 Å². The van der Waals surface area contributed by atoms with Crippen molar-refractivity contribution in [3.05, 3.63) is 82.3 Å². The number of amides is 2. The molecule has 0 fully saturated rings. The Kier molecular flexibility index (Phi) is 5.34. The van der Waals surface area contributed by atoms with Crippen LogP contribution in [0, 0.1) is 0 Å². The second-order valence-corrected chi connectivity index (χ2v) is 7.27. The molecular weight excluding hydrogens is 380 g/mol. The molecule has 2 amide bonds. The van der Waals surface area contributed by atoms with E-state index in [1.165, 1.54) is 0 Å². The minimum absolute atomic E-state index is 0.100. The van der Waals surface area contributed by atoms with Crippen molar-refractivity contribution in [2.75, 3.05) is 6.54 Å². The summed E-state index contributed by atoms with van der Waals surface area (Å²) >= 11 is 0. The molecule has 1 aromatic heterocycles. The van der Waals surface area contributed by atoms with Crippen LogP contribution in [-0.2, 0) is 16.0 Å². The lowest BCUT2D eigenvalue weighted by Gasteiger charge is -2.15. The van der Waals surface area contributed by atoms with Crippen molar-refractivity contribution in [3.63, 3.8) is 0 Å². The largest absolute Gasteiger partial charge is 0.348 e. The summed E-state index contributed by atoms with van der Waals surface area (Å²) in [6, 6.07) is 18.9. The summed E-state index contributed by atoms with van der Waals surface area (Å²) in [6.45, 7) is 1.75. The standard InChI is InChI=1S/C23H22N4O3/c1-14(16-9-10-19-20(11-16)27-23(30)26-19)25-22(29)13-24-21(28)12-17-7-4-6-15-5-2-3-8-18(15)17/h2-11,14H,12-13H2,1H3,(H,24,28)(H,25,29)(H2,26,27,30)/t14-/m1/s1. The molecule has 0 aliphatic rings. The van der Waals surface area contributed by atoms with Crippen LogP contribution in [0.15, 0.2) is 65.5 Å². The van der Waals surface area contributed by atoms with Crippen molar-refractivity contribution in [1.29, 1.82) is 0 Å². The van der Waals surface area contributed by atoms with Gasteiger partial charge in [0.15, 0.2) is 0 Å². The van der Waals surface area contributed by atoms with Gasteiger partial charge >= 0.3 is 5.69 Å². The number of H-pyrrole nitrogens is 2. The normalized spacial score (nSPS) is 12.0. The number of benzene rings is 3. The number of hydrogen-bond donors (Lipinski definition) is 4. The Morgan fingerprint density at radius 1 is 0.933 bits per heavy atom. The third kappa shape index (κ3) is 4.25. The number of aromatic nitrogens is 2. The van der Waals surface area contributed by atoms with Crippen LogP contribution >= 0.6 is 0 Å². The molecule has 4 N–H and O–H groups in total. The molecule has 0 aliphatic carbocycles. The second-order valence-electron chi connectivity index (χ2n) is 7.27. The van der Waals surface area contributed by atoms with Crippen molar-refractivity contribution >= 4 is 33.6 Å². The van der Waals surface area contributed by atoms with E-state index in [0.29, 0.717) is 11.0 Å². The summed E-state index contributed by atoms with van der Waals surface area (Å²) in [5.74, 6) is -0.489. The Hall–Kier alpha value is -3.87. The van der Waals surface area contributed by atoms with Crippen LogP contribution < -0.4 is 16.3 Å². The van der Waals surface area contributed by atoms with Crippen molar-refractivity contribution in [3.8, 4) is 0 Å². The minimum atomic E-state index is -0.281. The molecule has 0 aliphatic heterocycles. The number of carbonyl (C=O) groups is 2. The third-order valence-electron chi connectivity index (χ3n) is 5.09. The first-order valence-corrected chi connectivity index (χ1v) is 9.74. The van der Waals surface area contributed by atoms with Crippen LogP contribution in [-0.4, -0.2) is 28.3 Å². The molecule has 1 heterocycles. The predicted molar refractivity (Wildman–Crippen MR) is 116 cm³/mol. The Morgan fingerprint density at radius 3 is 2.57 bits per heavy atom. The first-order chi connectivity index (χ1) is 14.5. The zero-order chi connectivity index (χ0) is 21.1. The summed E-state index contributed by atoms with van der Waals surface area (Å²) in [4.78, 5) is 41.4. The van der Waals surface area contributed by atoms with Gasteiger partial charge in [-0.05, 0) is 41.0 Å². The van der Waals surface area contributed by atoms with Crippen LogP contribution in [0.2, 0.25) is 0 Å². The Bertz CT molecular complexity index is 1280. The van der Waals surface area contributed by atoms with Gasteiger partial charge in [-0.3, -0.25) is 9.59 Å². The van der Waals surface area contributed by atoms with E-state index >= 15 is 0 Å². The molecule has 30 heavy (non-hydrogen) atoms. The van der Waals surface area contributed by atoms with Gasteiger partial charge in [0.2, 0.25) is 11.8 Å². The molecule has 0 unspecified atom stereocenters. The van der Waals surface area contributed by atoms with Gasteiger partial charge in [-0.25, -0.2) is 4.79 Å². The quantitative estimate of drug-likeness (QED) is 0.398. The van der Waals surface area contributed by atoms with Gasteiger partial charge in [0.1, 0.15) is 0 Å². The highest BCUT2D eigenvalue weighted by Crippen LogP contribution is 2.19. The van der Waals surface area contributed by atoms with E-state index in [-0.39, 0.29) is 36.5 Å². The fraction of sp³-hybridized carbons (Fsp3) is 0.174. The van der Waals surface area contributed by atoms with E-state index in [2.05, 4.69) is 20.6 Å². The molecule has 0 bridgehead atoms. The van der Waals surface area contributed by atoms with Crippen LogP contribution in [0.1, 0.15) is 24.1 Å². The number of aromatic amines is 2. The van der Waals surface area contributed by atoms with Crippen molar-refractivity contribution < 1.29 is 9.59 Å². The van der Waals surface area contributed by atoms with E-state index in [1.54, 1.807) is 6.07 Å². The maximum Gasteiger partial charge on any atom is 0.323 e. The van der Waals surface area contributed by atoms with Gasteiger partial charge in [-0.1, -0.05) is 48.5 Å². The molecule has 152 valence electrons. The number of imidazole rings is 1. The van der Waals surface area contributed by atoms with Gasteiger partial charge in [-0.15, -0.1) is 0 Å². The van der Waals surface area contributed by atoms with Gasteiger partial charge in [0.25, 0.3) is 0 Å². The first kappa shape index (κ1) is 19.4. The lowest BCUT2D eigenvalue weighted by molar-refractivity contribution is -0.126. The number of nitrogens with one attached hydrogen (secondary N) is 4. The molecule has 0 radical (unpaired) electrons. The summed E-state index contributed by atoms with van der Waals surface area (Å²) in [6.07, 6.45) is 0.210. The van der Waals surface area contributed by atoms with Crippen molar-refractivity contribution in [1.82, 2.24) is 20.6 Å². The van der Waals surface area contributed by atoms with Crippen LogP contribution in [0.3, 0.4) is 0 Å². The van der Waals surface area contributed by atoms with E-state index in [0.717, 1.165) is 21.9 Å². The number of hydrogen-bond acceptors (Lipinski definition) is 3. The zero-order valence-electron chi connectivity index (χ0n) is 16.5. The van der Waals surface area contributed by atoms with Gasteiger partial charge < -0.3 is 20.6 Å².